The van der Waals surface area contributed by atoms with Crippen molar-refractivity contribution in [3.63, 3.8) is 0 Å². The molecule has 2 rings (SSSR count). The maximum atomic E-state index is 11.7. The standard InChI is InChI=1S/C14H17NO3S/c1-14(17,12-3-2-7-18-12)10-15-13(16)5-4-11-6-8-19-9-11/h2-3,6-9,17H,4-5,10H2,1H3,(H,15,16). The second kappa shape index (κ2) is 6.04. The van der Waals surface area contributed by atoms with Crippen LogP contribution in [0.2, 0.25) is 0 Å². The van der Waals surface area contributed by atoms with Crippen molar-refractivity contribution in [3.05, 3.63) is 46.5 Å². The van der Waals surface area contributed by atoms with E-state index in [1.165, 1.54) is 6.26 Å². The molecular weight excluding hydrogens is 262 g/mol. The molecule has 0 saturated carbocycles. The zero-order chi connectivity index (χ0) is 13.7. The highest BCUT2D eigenvalue weighted by molar-refractivity contribution is 7.07. The molecule has 1 amide bonds. The lowest BCUT2D eigenvalue weighted by Crippen LogP contribution is -2.38. The van der Waals surface area contributed by atoms with E-state index < -0.39 is 5.60 Å². The van der Waals surface area contributed by atoms with Gasteiger partial charge >= 0.3 is 0 Å². The van der Waals surface area contributed by atoms with E-state index in [-0.39, 0.29) is 12.5 Å². The first kappa shape index (κ1) is 13.8. The molecule has 102 valence electrons. The van der Waals surface area contributed by atoms with Crippen LogP contribution >= 0.6 is 11.3 Å². The summed E-state index contributed by atoms with van der Waals surface area (Å²) < 4.78 is 5.15. The smallest absolute Gasteiger partial charge is 0.220 e. The van der Waals surface area contributed by atoms with Crippen LogP contribution in [0.15, 0.2) is 39.6 Å². The van der Waals surface area contributed by atoms with Crippen molar-refractivity contribution in [2.24, 2.45) is 0 Å². The van der Waals surface area contributed by atoms with Crippen LogP contribution < -0.4 is 5.32 Å². The van der Waals surface area contributed by atoms with E-state index in [2.05, 4.69) is 5.32 Å². The highest BCUT2D eigenvalue weighted by atomic mass is 32.1. The Hall–Kier alpha value is -1.59. The Balaban J connectivity index is 1.77. The van der Waals surface area contributed by atoms with Crippen LogP contribution in [0, 0.1) is 0 Å². The number of furan rings is 1. The lowest BCUT2D eigenvalue weighted by molar-refractivity contribution is -0.122. The molecule has 2 N–H and O–H groups in total. The van der Waals surface area contributed by atoms with Gasteiger partial charge < -0.3 is 14.8 Å². The van der Waals surface area contributed by atoms with Gasteiger partial charge in [0.1, 0.15) is 11.4 Å². The van der Waals surface area contributed by atoms with E-state index in [1.54, 1.807) is 30.4 Å². The van der Waals surface area contributed by atoms with Crippen LogP contribution in [0.1, 0.15) is 24.7 Å². The van der Waals surface area contributed by atoms with Crippen molar-refractivity contribution >= 4 is 17.2 Å². The van der Waals surface area contributed by atoms with Crippen LogP contribution in [0.4, 0.5) is 0 Å². The molecule has 1 unspecified atom stereocenters. The summed E-state index contributed by atoms with van der Waals surface area (Å²) in [5.74, 6) is 0.378. The van der Waals surface area contributed by atoms with Gasteiger partial charge in [-0.2, -0.15) is 11.3 Å². The third kappa shape index (κ3) is 3.94. The summed E-state index contributed by atoms with van der Waals surface area (Å²) >= 11 is 1.62. The van der Waals surface area contributed by atoms with Crippen LogP contribution in [-0.2, 0) is 16.8 Å². The molecule has 5 heteroatoms. The quantitative estimate of drug-likeness (QED) is 0.853. The minimum atomic E-state index is -1.18. The van der Waals surface area contributed by atoms with Crippen molar-refractivity contribution < 1.29 is 14.3 Å². The molecule has 2 heterocycles. The molecule has 2 aromatic heterocycles. The van der Waals surface area contributed by atoms with E-state index in [0.29, 0.717) is 12.2 Å². The molecule has 0 aliphatic heterocycles. The fourth-order valence-corrected chi connectivity index (χ4v) is 2.43. The number of amides is 1. The molecule has 0 aliphatic carbocycles. The van der Waals surface area contributed by atoms with E-state index >= 15 is 0 Å². The Labute approximate surface area is 116 Å². The summed E-state index contributed by atoms with van der Waals surface area (Å²) in [7, 11) is 0. The van der Waals surface area contributed by atoms with Gasteiger partial charge in [-0.15, -0.1) is 0 Å². The van der Waals surface area contributed by atoms with Gasteiger partial charge in [-0.05, 0) is 47.9 Å². The maximum Gasteiger partial charge on any atom is 0.220 e. The van der Waals surface area contributed by atoms with E-state index in [1.807, 2.05) is 16.8 Å². The van der Waals surface area contributed by atoms with Crippen LogP contribution in [0.5, 0.6) is 0 Å². The number of hydrogen-bond donors (Lipinski definition) is 2. The number of thiophene rings is 1. The summed E-state index contributed by atoms with van der Waals surface area (Å²) in [6.07, 6.45) is 2.64. The molecule has 0 aliphatic rings. The summed E-state index contributed by atoms with van der Waals surface area (Å²) in [4.78, 5) is 11.7. The van der Waals surface area contributed by atoms with Crippen molar-refractivity contribution in [2.75, 3.05) is 6.54 Å². The first-order chi connectivity index (χ1) is 9.08. The SMILES string of the molecule is CC(O)(CNC(=O)CCc1ccsc1)c1ccco1. The Morgan fingerprint density at radius 2 is 2.37 bits per heavy atom. The molecule has 19 heavy (non-hydrogen) atoms. The van der Waals surface area contributed by atoms with Gasteiger partial charge in [-0.1, -0.05) is 0 Å². The van der Waals surface area contributed by atoms with Gasteiger partial charge in [0.15, 0.2) is 0 Å². The third-order valence-electron chi connectivity index (χ3n) is 2.90. The van der Waals surface area contributed by atoms with Gasteiger partial charge in [0.05, 0.1) is 12.8 Å². The second-order valence-corrected chi connectivity index (χ2v) is 5.44. The summed E-state index contributed by atoms with van der Waals surface area (Å²) in [6.45, 7) is 1.76. The molecule has 4 nitrogen and oxygen atoms in total. The highest BCUT2D eigenvalue weighted by Crippen LogP contribution is 2.19. The van der Waals surface area contributed by atoms with E-state index in [0.717, 1.165) is 12.0 Å². The molecule has 0 fully saturated rings. The molecular formula is C14H17NO3S. The lowest BCUT2D eigenvalue weighted by atomic mass is 10.0. The zero-order valence-corrected chi connectivity index (χ0v) is 11.6. The molecule has 0 aromatic carbocycles. The third-order valence-corrected chi connectivity index (χ3v) is 3.63. The summed E-state index contributed by atoms with van der Waals surface area (Å²) in [5.41, 5.74) is -0.0143. The number of carbonyl (C=O) groups is 1. The number of aryl methyl sites for hydroxylation is 1. The Bertz CT molecular complexity index is 503. The van der Waals surface area contributed by atoms with Gasteiger partial charge in [0, 0.05) is 6.42 Å². The second-order valence-electron chi connectivity index (χ2n) is 4.66. The van der Waals surface area contributed by atoms with Gasteiger partial charge in [-0.3, -0.25) is 4.79 Å². The van der Waals surface area contributed by atoms with Crippen molar-refractivity contribution in [2.45, 2.75) is 25.4 Å². The summed E-state index contributed by atoms with van der Waals surface area (Å²) in [5, 5.41) is 16.9. The molecule has 0 radical (unpaired) electrons. The van der Waals surface area contributed by atoms with Crippen molar-refractivity contribution in [3.8, 4) is 0 Å². The molecule has 0 spiro atoms. The average Bonchev–Trinajstić information content (AvgIpc) is 3.06. The van der Waals surface area contributed by atoms with Crippen LogP contribution in [-0.4, -0.2) is 17.6 Å². The van der Waals surface area contributed by atoms with Crippen LogP contribution in [0.25, 0.3) is 0 Å². The zero-order valence-electron chi connectivity index (χ0n) is 10.8. The van der Waals surface area contributed by atoms with E-state index in [4.69, 9.17) is 4.42 Å². The summed E-state index contributed by atoms with van der Waals surface area (Å²) in [6, 6.07) is 5.41. The number of rotatable bonds is 6. The van der Waals surface area contributed by atoms with Gasteiger partial charge in [0.25, 0.3) is 0 Å². The average molecular weight is 279 g/mol. The van der Waals surface area contributed by atoms with Crippen LogP contribution in [0.3, 0.4) is 0 Å². The predicted molar refractivity (Wildman–Crippen MR) is 73.9 cm³/mol. The maximum absolute atomic E-state index is 11.7. The minimum absolute atomic E-state index is 0.0713. The number of aliphatic hydroxyl groups is 1. The number of carbonyl (C=O) groups excluding carboxylic acids is 1. The lowest BCUT2D eigenvalue weighted by Gasteiger charge is -2.21. The highest BCUT2D eigenvalue weighted by Gasteiger charge is 2.26. The van der Waals surface area contributed by atoms with Crippen molar-refractivity contribution in [1.82, 2.24) is 5.32 Å². The largest absolute Gasteiger partial charge is 0.466 e. The minimum Gasteiger partial charge on any atom is -0.466 e. The normalized spacial score (nSPS) is 14.0. The Kier molecular flexibility index (Phi) is 4.39. The Morgan fingerprint density at radius 1 is 1.53 bits per heavy atom. The molecule has 1 atom stereocenters. The number of hydrogen-bond acceptors (Lipinski definition) is 4. The fraction of sp³-hybridized carbons (Fsp3) is 0.357. The molecule has 0 saturated heterocycles. The first-order valence-corrected chi connectivity index (χ1v) is 7.06. The molecule has 2 aromatic rings. The fourth-order valence-electron chi connectivity index (χ4n) is 1.72. The first-order valence-electron chi connectivity index (χ1n) is 6.12. The predicted octanol–water partition coefficient (Wildman–Crippen LogP) is 2.30. The van der Waals surface area contributed by atoms with Gasteiger partial charge in [0.2, 0.25) is 5.91 Å². The Morgan fingerprint density at radius 3 is 3.00 bits per heavy atom. The van der Waals surface area contributed by atoms with Crippen molar-refractivity contribution in [1.29, 1.82) is 0 Å². The van der Waals surface area contributed by atoms with Gasteiger partial charge in [-0.25, -0.2) is 0 Å². The topological polar surface area (TPSA) is 62.5 Å². The monoisotopic (exact) mass is 279 g/mol. The number of nitrogens with one attached hydrogen (secondary N) is 1. The molecule has 0 bridgehead atoms. The van der Waals surface area contributed by atoms with E-state index in [9.17, 15) is 9.90 Å².